The van der Waals surface area contributed by atoms with Crippen LogP contribution in [0.3, 0.4) is 0 Å². The summed E-state index contributed by atoms with van der Waals surface area (Å²) in [6, 6.07) is 0. The van der Waals surface area contributed by atoms with Crippen molar-refractivity contribution in [3.8, 4) is 0 Å². The molecule has 1 saturated heterocycles. The Hall–Kier alpha value is -1.65. The third-order valence-corrected chi connectivity index (χ3v) is 4.51. The molecular weight excluding hydrogens is 407 g/mol. The van der Waals surface area contributed by atoms with E-state index in [-0.39, 0.29) is 24.7 Å². The maximum absolute atomic E-state index is 11.6. The van der Waals surface area contributed by atoms with Gasteiger partial charge >= 0.3 is 18.1 Å². The number of unbranched alkanes of at least 4 members (excludes halogenated alkanes) is 5. The number of rotatable bonds is 10. The Kier molecular flexibility index (Phi) is 14.4. The van der Waals surface area contributed by atoms with E-state index in [1.165, 1.54) is 32.1 Å². The Bertz CT molecular complexity index is 527. The molecule has 1 aliphatic rings. The molecule has 0 aliphatic carbocycles. The standard InChI is InChI=1S/C18H33NO4.C2HF3O2/c1-4-5-6-7-8-9-10-11-15-18(23-16(20)12-19)17(21-3)14(2)13-22-15;3-2(4,5)1(6)7/h10-11,14-15,17-18H,4-9,12-13,19H2,1-3H3;(H,6,7)/b11-10+;/t14-,15+,17+,18+;/m1./s1. The van der Waals surface area contributed by atoms with Gasteiger partial charge in [0.2, 0.25) is 0 Å². The van der Waals surface area contributed by atoms with Crippen LogP contribution in [0.15, 0.2) is 12.2 Å². The number of nitrogens with two attached hydrogens (primary N) is 1. The van der Waals surface area contributed by atoms with Crippen LogP contribution >= 0.6 is 0 Å². The number of ether oxygens (including phenoxy) is 3. The van der Waals surface area contributed by atoms with E-state index in [1.54, 1.807) is 7.11 Å². The zero-order chi connectivity index (χ0) is 23.2. The number of halogens is 3. The number of aliphatic carboxylic acids is 1. The van der Waals surface area contributed by atoms with Gasteiger partial charge in [0.05, 0.1) is 13.2 Å². The number of allylic oxidation sites excluding steroid dienone is 1. The smallest absolute Gasteiger partial charge is 0.475 e. The Labute approximate surface area is 175 Å². The SMILES string of the molecule is CCCCCCC/C=C/[C@@H]1OC[C@@H](C)[C@H](OC)[C@H]1OC(=O)CN.O=C(O)C(F)(F)F. The van der Waals surface area contributed by atoms with Crippen LogP contribution in [0.25, 0.3) is 0 Å². The number of carboxylic acid groups (broad SMARTS) is 1. The highest BCUT2D eigenvalue weighted by Gasteiger charge is 2.40. The number of hydrogen-bond acceptors (Lipinski definition) is 6. The van der Waals surface area contributed by atoms with Gasteiger partial charge in [0.15, 0.2) is 6.10 Å². The highest BCUT2D eigenvalue weighted by molar-refractivity contribution is 5.73. The minimum absolute atomic E-state index is 0.130. The van der Waals surface area contributed by atoms with E-state index in [4.69, 9.17) is 29.8 Å². The summed E-state index contributed by atoms with van der Waals surface area (Å²) in [6.07, 6.45) is 5.51. The number of carbonyl (C=O) groups is 2. The number of esters is 1. The maximum atomic E-state index is 11.6. The van der Waals surface area contributed by atoms with Crippen molar-refractivity contribution in [1.29, 1.82) is 0 Å². The van der Waals surface area contributed by atoms with Crippen molar-refractivity contribution in [2.75, 3.05) is 20.3 Å². The van der Waals surface area contributed by atoms with E-state index >= 15 is 0 Å². The lowest BCUT2D eigenvalue weighted by Gasteiger charge is -2.39. The van der Waals surface area contributed by atoms with Crippen molar-refractivity contribution in [2.45, 2.75) is 76.9 Å². The van der Waals surface area contributed by atoms with Gasteiger partial charge in [0, 0.05) is 13.0 Å². The van der Waals surface area contributed by atoms with Crippen LogP contribution in [0.5, 0.6) is 0 Å². The van der Waals surface area contributed by atoms with Gasteiger partial charge in [0.25, 0.3) is 0 Å². The van der Waals surface area contributed by atoms with Gasteiger partial charge in [-0.05, 0) is 12.8 Å². The maximum Gasteiger partial charge on any atom is 0.490 e. The molecule has 10 heteroatoms. The molecule has 1 fully saturated rings. The lowest BCUT2D eigenvalue weighted by Crippen LogP contribution is -2.52. The quantitative estimate of drug-likeness (QED) is 0.304. The van der Waals surface area contributed by atoms with Crippen molar-refractivity contribution >= 4 is 11.9 Å². The third-order valence-electron chi connectivity index (χ3n) is 4.51. The van der Waals surface area contributed by atoms with Crippen molar-refractivity contribution in [2.24, 2.45) is 11.7 Å². The second-order valence-electron chi connectivity index (χ2n) is 7.07. The van der Waals surface area contributed by atoms with Crippen LogP contribution in [-0.2, 0) is 23.8 Å². The van der Waals surface area contributed by atoms with Gasteiger partial charge in [-0.25, -0.2) is 4.79 Å². The molecule has 0 unspecified atom stereocenters. The second-order valence-corrected chi connectivity index (χ2v) is 7.07. The predicted molar refractivity (Wildman–Crippen MR) is 105 cm³/mol. The molecule has 4 atom stereocenters. The van der Waals surface area contributed by atoms with Crippen LogP contribution in [0.4, 0.5) is 13.2 Å². The Morgan fingerprint density at radius 1 is 1.20 bits per heavy atom. The predicted octanol–water partition coefficient (Wildman–Crippen LogP) is 3.46. The molecule has 1 rings (SSSR count). The molecule has 0 aromatic heterocycles. The summed E-state index contributed by atoms with van der Waals surface area (Å²) in [5.74, 6) is -3.01. The van der Waals surface area contributed by atoms with Gasteiger partial charge < -0.3 is 25.1 Å². The van der Waals surface area contributed by atoms with Crippen LogP contribution in [0.1, 0.15) is 52.4 Å². The number of methoxy groups -OCH3 is 1. The number of carbonyl (C=O) groups excluding carboxylic acids is 1. The van der Waals surface area contributed by atoms with Crippen LogP contribution < -0.4 is 5.73 Å². The third kappa shape index (κ3) is 11.5. The number of carboxylic acids is 1. The zero-order valence-corrected chi connectivity index (χ0v) is 17.8. The van der Waals surface area contributed by atoms with Gasteiger partial charge in [0.1, 0.15) is 12.2 Å². The monoisotopic (exact) mass is 441 g/mol. The first-order chi connectivity index (χ1) is 14.1. The molecule has 0 aromatic rings. The average Bonchev–Trinajstić information content (AvgIpc) is 2.68. The first kappa shape index (κ1) is 28.4. The minimum atomic E-state index is -5.08. The number of hydrogen-bond donors (Lipinski definition) is 2. The molecule has 176 valence electrons. The fraction of sp³-hybridized carbons (Fsp3) is 0.800. The molecule has 1 heterocycles. The topological polar surface area (TPSA) is 108 Å². The van der Waals surface area contributed by atoms with E-state index in [2.05, 4.69) is 13.0 Å². The van der Waals surface area contributed by atoms with E-state index < -0.39 is 24.2 Å². The van der Waals surface area contributed by atoms with E-state index in [9.17, 15) is 18.0 Å². The molecule has 0 saturated carbocycles. The number of alkyl halides is 3. The van der Waals surface area contributed by atoms with Crippen LogP contribution in [0.2, 0.25) is 0 Å². The molecule has 0 radical (unpaired) electrons. The van der Waals surface area contributed by atoms with Gasteiger partial charge in [-0.1, -0.05) is 51.7 Å². The summed E-state index contributed by atoms with van der Waals surface area (Å²) in [5.41, 5.74) is 5.36. The largest absolute Gasteiger partial charge is 0.490 e. The van der Waals surface area contributed by atoms with Gasteiger partial charge in [-0.2, -0.15) is 13.2 Å². The molecular formula is C20H34F3NO6. The zero-order valence-electron chi connectivity index (χ0n) is 17.8. The van der Waals surface area contributed by atoms with Gasteiger partial charge in [-0.15, -0.1) is 0 Å². The highest BCUT2D eigenvalue weighted by Crippen LogP contribution is 2.26. The minimum Gasteiger partial charge on any atom is -0.475 e. The lowest BCUT2D eigenvalue weighted by atomic mass is 9.93. The van der Waals surface area contributed by atoms with E-state index in [0.29, 0.717) is 6.61 Å². The first-order valence-electron chi connectivity index (χ1n) is 10.1. The fourth-order valence-electron chi connectivity index (χ4n) is 2.92. The normalized spacial score (nSPS) is 24.2. The van der Waals surface area contributed by atoms with Crippen molar-refractivity contribution in [1.82, 2.24) is 0 Å². The van der Waals surface area contributed by atoms with Crippen LogP contribution in [-0.4, -0.2) is 61.8 Å². The molecule has 0 spiro atoms. The molecule has 0 bridgehead atoms. The van der Waals surface area contributed by atoms with Crippen molar-refractivity contribution in [3.63, 3.8) is 0 Å². The van der Waals surface area contributed by atoms with E-state index in [1.807, 2.05) is 13.0 Å². The summed E-state index contributed by atoms with van der Waals surface area (Å²) in [4.78, 5) is 20.5. The summed E-state index contributed by atoms with van der Waals surface area (Å²) >= 11 is 0. The average molecular weight is 441 g/mol. The fourth-order valence-corrected chi connectivity index (χ4v) is 2.92. The molecule has 0 aromatic carbocycles. The van der Waals surface area contributed by atoms with Crippen molar-refractivity contribution < 1.29 is 42.1 Å². The Morgan fingerprint density at radius 2 is 1.80 bits per heavy atom. The molecule has 7 nitrogen and oxygen atoms in total. The first-order valence-corrected chi connectivity index (χ1v) is 10.1. The highest BCUT2D eigenvalue weighted by atomic mass is 19.4. The second kappa shape index (κ2) is 15.2. The Balaban J connectivity index is 0.00000103. The van der Waals surface area contributed by atoms with E-state index in [0.717, 1.165) is 6.42 Å². The molecule has 30 heavy (non-hydrogen) atoms. The summed E-state index contributed by atoms with van der Waals surface area (Å²) in [5, 5.41) is 7.12. The van der Waals surface area contributed by atoms with Crippen LogP contribution in [0, 0.1) is 5.92 Å². The van der Waals surface area contributed by atoms with Gasteiger partial charge in [-0.3, -0.25) is 4.79 Å². The molecule has 3 N–H and O–H groups in total. The summed E-state index contributed by atoms with van der Waals surface area (Å²) < 4.78 is 48.6. The Morgan fingerprint density at radius 3 is 2.30 bits per heavy atom. The summed E-state index contributed by atoms with van der Waals surface area (Å²) in [7, 11) is 1.64. The summed E-state index contributed by atoms with van der Waals surface area (Å²) in [6.45, 7) is 4.72. The molecule has 0 amide bonds. The van der Waals surface area contributed by atoms with Crippen molar-refractivity contribution in [3.05, 3.63) is 12.2 Å². The lowest BCUT2D eigenvalue weighted by molar-refractivity contribution is -0.192. The molecule has 1 aliphatic heterocycles.